The van der Waals surface area contributed by atoms with Crippen molar-refractivity contribution in [3.63, 3.8) is 0 Å². The molecule has 0 unspecified atom stereocenters. The Hall–Kier alpha value is -1.43. The van der Waals surface area contributed by atoms with Crippen LogP contribution >= 0.6 is 11.3 Å². The first-order valence-corrected chi connectivity index (χ1v) is 4.30. The molecule has 6 heteroatoms. The van der Waals surface area contributed by atoms with Crippen molar-refractivity contribution in [1.82, 2.24) is 0 Å². The average molecular weight is 201 g/mol. The Morgan fingerprint density at radius 1 is 1.77 bits per heavy atom. The summed E-state index contributed by atoms with van der Waals surface area (Å²) in [7, 11) is 1.25. The van der Waals surface area contributed by atoms with Crippen LogP contribution in [0.3, 0.4) is 0 Å². The van der Waals surface area contributed by atoms with E-state index in [1.54, 1.807) is 11.4 Å². The molecule has 13 heavy (non-hydrogen) atoms. The predicted octanol–water partition coefficient (Wildman–Crippen LogP) is 1.37. The Morgan fingerprint density at radius 3 is 3.00 bits per heavy atom. The molecule has 0 aliphatic rings. The number of carbonyl (C=O) groups excluding carboxylic acids is 1. The molecule has 0 aliphatic carbocycles. The fourth-order valence-corrected chi connectivity index (χ4v) is 1.59. The fourth-order valence-electron chi connectivity index (χ4n) is 0.850. The third kappa shape index (κ3) is 2.25. The first-order chi connectivity index (χ1) is 6.15. The molecular formula is C7H7NO4S. The van der Waals surface area contributed by atoms with Crippen molar-refractivity contribution in [2.45, 2.75) is 6.42 Å². The normalized spacial score (nSPS) is 9.62. The minimum absolute atomic E-state index is 0.00500. The summed E-state index contributed by atoms with van der Waals surface area (Å²) in [6.07, 6.45) is -0.0453. The summed E-state index contributed by atoms with van der Waals surface area (Å²) in [5.74, 6) is -0.471. The molecule has 0 amide bonds. The molecule has 1 aromatic rings. The van der Waals surface area contributed by atoms with Gasteiger partial charge in [-0.3, -0.25) is 14.9 Å². The van der Waals surface area contributed by atoms with E-state index in [2.05, 4.69) is 4.74 Å². The molecule has 0 radical (unpaired) electrons. The molecule has 1 aromatic heterocycles. The van der Waals surface area contributed by atoms with Gasteiger partial charge in [0.1, 0.15) is 0 Å². The van der Waals surface area contributed by atoms with E-state index in [0.29, 0.717) is 5.56 Å². The maximum Gasteiger partial charge on any atom is 0.327 e. The van der Waals surface area contributed by atoms with Gasteiger partial charge in [-0.1, -0.05) is 11.3 Å². The molecule has 0 aliphatic heterocycles. The summed E-state index contributed by atoms with van der Waals surface area (Å²) in [4.78, 5) is 20.7. The van der Waals surface area contributed by atoms with Crippen molar-refractivity contribution < 1.29 is 14.5 Å². The summed E-state index contributed by atoms with van der Waals surface area (Å²) in [5, 5.41) is 12.0. The largest absolute Gasteiger partial charge is 0.469 e. The van der Waals surface area contributed by atoms with Gasteiger partial charge in [-0.25, -0.2) is 0 Å². The lowest BCUT2D eigenvalue weighted by Crippen LogP contribution is -2.04. The predicted molar refractivity (Wildman–Crippen MR) is 46.7 cm³/mol. The second-order valence-corrected chi connectivity index (χ2v) is 3.16. The highest BCUT2D eigenvalue weighted by Crippen LogP contribution is 2.25. The number of esters is 1. The molecule has 0 saturated carbocycles. The molecule has 0 aromatic carbocycles. The minimum Gasteiger partial charge on any atom is -0.469 e. The zero-order valence-electron chi connectivity index (χ0n) is 6.85. The van der Waals surface area contributed by atoms with Crippen LogP contribution in [0.2, 0.25) is 0 Å². The fraction of sp³-hybridized carbons (Fsp3) is 0.286. The van der Waals surface area contributed by atoms with Crippen LogP contribution in [-0.4, -0.2) is 18.0 Å². The zero-order valence-corrected chi connectivity index (χ0v) is 7.67. The van der Waals surface area contributed by atoms with Gasteiger partial charge in [0.25, 0.3) is 0 Å². The topological polar surface area (TPSA) is 69.4 Å². The second-order valence-electron chi connectivity index (χ2n) is 2.26. The molecule has 0 spiro atoms. The van der Waals surface area contributed by atoms with Crippen LogP contribution in [0.15, 0.2) is 11.4 Å². The van der Waals surface area contributed by atoms with Crippen LogP contribution in [0.5, 0.6) is 0 Å². The Labute approximate surface area is 78.1 Å². The molecule has 0 N–H and O–H groups in total. The average Bonchev–Trinajstić information content (AvgIpc) is 2.52. The summed E-state index contributed by atoms with van der Waals surface area (Å²) < 4.78 is 4.40. The second kappa shape index (κ2) is 3.99. The van der Waals surface area contributed by atoms with E-state index in [0.717, 1.165) is 11.3 Å². The Bertz CT molecular complexity index is 333. The van der Waals surface area contributed by atoms with Gasteiger partial charge in [-0.2, -0.15) is 0 Å². The quantitative estimate of drug-likeness (QED) is 0.420. The molecule has 1 heterocycles. The third-order valence-corrected chi connectivity index (χ3v) is 2.36. The van der Waals surface area contributed by atoms with Gasteiger partial charge in [0, 0.05) is 0 Å². The lowest BCUT2D eigenvalue weighted by atomic mass is 10.2. The maximum atomic E-state index is 10.8. The van der Waals surface area contributed by atoms with E-state index in [1.165, 1.54) is 7.11 Å². The number of carbonyl (C=O) groups is 1. The number of rotatable bonds is 3. The van der Waals surface area contributed by atoms with Crippen molar-refractivity contribution in [3.8, 4) is 0 Å². The van der Waals surface area contributed by atoms with Crippen LogP contribution in [0.1, 0.15) is 5.56 Å². The minimum atomic E-state index is -0.497. The van der Waals surface area contributed by atoms with E-state index in [1.807, 2.05) is 0 Å². The number of ether oxygens (including phenoxy) is 1. The van der Waals surface area contributed by atoms with Crippen LogP contribution in [-0.2, 0) is 16.0 Å². The number of hydrogen-bond donors (Lipinski definition) is 0. The van der Waals surface area contributed by atoms with E-state index >= 15 is 0 Å². The highest BCUT2D eigenvalue weighted by atomic mass is 32.1. The Morgan fingerprint density at radius 2 is 2.46 bits per heavy atom. The molecular weight excluding hydrogens is 194 g/mol. The Balaban J connectivity index is 2.82. The highest BCUT2D eigenvalue weighted by Gasteiger charge is 2.17. The lowest BCUT2D eigenvalue weighted by molar-refractivity contribution is -0.380. The number of nitrogens with zero attached hydrogens (tertiary/aromatic N) is 1. The summed E-state index contributed by atoms with van der Waals surface area (Å²) >= 11 is 1.00. The SMILES string of the molecule is COC(=O)Cc1ccsc1[N+](=O)[O-]. The van der Waals surface area contributed by atoms with E-state index in [9.17, 15) is 14.9 Å². The van der Waals surface area contributed by atoms with Gasteiger partial charge in [0.05, 0.1) is 24.0 Å². The van der Waals surface area contributed by atoms with E-state index < -0.39 is 10.9 Å². The van der Waals surface area contributed by atoms with Gasteiger partial charge in [0.2, 0.25) is 0 Å². The summed E-state index contributed by atoms with van der Waals surface area (Å²) in [5.41, 5.74) is 0.404. The van der Waals surface area contributed by atoms with Crippen LogP contribution in [0, 0.1) is 10.1 Å². The molecule has 0 atom stereocenters. The van der Waals surface area contributed by atoms with E-state index in [-0.39, 0.29) is 11.4 Å². The van der Waals surface area contributed by atoms with Gasteiger partial charge in [-0.05, 0) is 11.4 Å². The van der Waals surface area contributed by atoms with Crippen LogP contribution < -0.4 is 0 Å². The van der Waals surface area contributed by atoms with Crippen LogP contribution in [0.25, 0.3) is 0 Å². The van der Waals surface area contributed by atoms with Crippen molar-refractivity contribution in [1.29, 1.82) is 0 Å². The Kier molecular flexibility index (Phi) is 2.97. The van der Waals surface area contributed by atoms with Crippen molar-refractivity contribution in [2.75, 3.05) is 7.11 Å². The number of methoxy groups -OCH3 is 1. The van der Waals surface area contributed by atoms with Crippen molar-refractivity contribution in [2.24, 2.45) is 0 Å². The molecule has 0 bridgehead atoms. The monoisotopic (exact) mass is 201 g/mol. The van der Waals surface area contributed by atoms with Gasteiger partial charge < -0.3 is 4.74 Å². The number of hydrogen-bond acceptors (Lipinski definition) is 5. The van der Waals surface area contributed by atoms with Crippen molar-refractivity contribution in [3.05, 3.63) is 27.1 Å². The van der Waals surface area contributed by atoms with E-state index in [4.69, 9.17) is 0 Å². The smallest absolute Gasteiger partial charge is 0.327 e. The maximum absolute atomic E-state index is 10.8. The number of nitro groups is 1. The highest BCUT2D eigenvalue weighted by molar-refractivity contribution is 7.13. The van der Waals surface area contributed by atoms with Gasteiger partial charge >= 0.3 is 11.0 Å². The standard InChI is InChI=1S/C7H7NO4S/c1-12-6(9)4-5-2-3-13-7(5)8(10)11/h2-3H,4H2,1H3. The molecule has 0 fully saturated rings. The third-order valence-electron chi connectivity index (χ3n) is 1.45. The summed E-state index contributed by atoms with van der Waals surface area (Å²) in [6, 6.07) is 1.56. The lowest BCUT2D eigenvalue weighted by Gasteiger charge is -1.95. The first kappa shape index (κ1) is 9.66. The molecule has 0 saturated heterocycles. The molecule has 5 nitrogen and oxygen atoms in total. The molecule has 1 rings (SSSR count). The van der Waals surface area contributed by atoms with Gasteiger partial charge in [-0.15, -0.1) is 0 Å². The van der Waals surface area contributed by atoms with Gasteiger partial charge in [0.15, 0.2) is 0 Å². The van der Waals surface area contributed by atoms with Crippen molar-refractivity contribution >= 4 is 22.3 Å². The first-order valence-electron chi connectivity index (χ1n) is 3.42. The molecule has 70 valence electrons. The van der Waals surface area contributed by atoms with Crippen LogP contribution in [0.4, 0.5) is 5.00 Å². The summed E-state index contributed by atoms with van der Waals surface area (Å²) in [6.45, 7) is 0. The zero-order chi connectivity index (χ0) is 9.84. The number of thiophene rings is 1.